The first-order valence-electron chi connectivity index (χ1n) is 17.4. The molecule has 0 saturated heterocycles. The number of aromatic nitrogens is 3. The highest BCUT2D eigenvalue weighted by molar-refractivity contribution is 7.23. The van der Waals surface area contributed by atoms with Gasteiger partial charge in [0.05, 0.1) is 11.4 Å². The van der Waals surface area contributed by atoms with Crippen molar-refractivity contribution in [3.8, 4) is 66.9 Å². The molecular formula is C47H30N4S. The van der Waals surface area contributed by atoms with Crippen LogP contribution in [0.5, 0.6) is 0 Å². The summed E-state index contributed by atoms with van der Waals surface area (Å²) in [5.74, 6) is 1.96. The maximum Gasteiger partial charge on any atom is 0.164 e. The zero-order valence-electron chi connectivity index (χ0n) is 28.0. The molecule has 10 rings (SSSR count). The minimum absolute atomic E-state index is 0.649. The van der Waals surface area contributed by atoms with Crippen LogP contribution in [-0.4, -0.2) is 15.0 Å². The lowest BCUT2D eigenvalue weighted by atomic mass is 9.96. The van der Waals surface area contributed by atoms with Crippen LogP contribution in [0.15, 0.2) is 182 Å². The van der Waals surface area contributed by atoms with Crippen LogP contribution in [0.25, 0.3) is 76.9 Å². The van der Waals surface area contributed by atoms with Crippen LogP contribution in [0.2, 0.25) is 0 Å². The fraction of sp³-hybridized carbons (Fsp3) is 0. The molecule has 3 heterocycles. The molecule has 4 nitrogen and oxygen atoms in total. The highest BCUT2D eigenvalue weighted by atomic mass is 32.1. The van der Waals surface area contributed by atoms with Crippen molar-refractivity contribution in [1.82, 2.24) is 15.0 Å². The normalized spacial score (nSPS) is 11.8. The van der Waals surface area contributed by atoms with Crippen LogP contribution in [0.4, 0.5) is 17.1 Å². The van der Waals surface area contributed by atoms with Gasteiger partial charge >= 0.3 is 0 Å². The molecule has 0 unspecified atom stereocenters. The summed E-state index contributed by atoms with van der Waals surface area (Å²) < 4.78 is 1.27. The second kappa shape index (κ2) is 12.6. The average Bonchev–Trinajstić information content (AvgIpc) is 3.55. The van der Waals surface area contributed by atoms with Gasteiger partial charge in [0.1, 0.15) is 0 Å². The van der Waals surface area contributed by atoms with Gasteiger partial charge < -0.3 is 4.90 Å². The first-order valence-corrected chi connectivity index (χ1v) is 18.2. The van der Waals surface area contributed by atoms with E-state index in [1.165, 1.54) is 48.6 Å². The number of benzene rings is 7. The van der Waals surface area contributed by atoms with Crippen LogP contribution < -0.4 is 4.90 Å². The number of para-hydroxylation sites is 3. The van der Waals surface area contributed by atoms with Crippen molar-refractivity contribution in [3.05, 3.63) is 182 Å². The van der Waals surface area contributed by atoms with E-state index in [-0.39, 0.29) is 0 Å². The zero-order chi connectivity index (χ0) is 34.4. The Morgan fingerprint density at radius 1 is 0.385 bits per heavy atom. The lowest BCUT2D eigenvalue weighted by molar-refractivity contribution is 1.07. The number of nitrogens with zero attached hydrogens (tertiary/aromatic N) is 4. The summed E-state index contributed by atoms with van der Waals surface area (Å²) in [6.45, 7) is 0. The number of hydrogen-bond acceptors (Lipinski definition) is 5. The Bertz CT molecular complexity index is 2670. The van der Waals surface area contributed by atoms with Crippen molar-refractivity contribution in [2.24, 2.45) is 0 Å². The van der Waals surface area contributed by atoms with E-state index in [9.17, 15) is 0 Å². The summed E-state index contributed by atoms with van der Waals surface area (Å²) in [6.07, 6.45) is 0. The topological polar surface area (TPSA) is 41.9 Å². The van der Waals surface area contributed by atoms with E-state index in [2.05, 4.69) is 126 Å². The molecule has 0 bridgehead atoms. The van der Waals surface area contributed by atoms with E-state index in [1.807, 2.05) is 72.0 Å². The number of rotatable bonds is 5. The second-order valence-electron chi connectivity index (χ2n) is 12.8. The smallest absolute Gasteiger partial charge is 0.164 e. The molecular weight excluding hydrogens is 653 g/mol. The lowest BCUT2D eigenvalue weighted by Gasteiger charge is -2.27. The molecule has 52 heavy (non-hydrogen) atoms. The van der Waals surface area contributed by atoms with Crippen molar-refractivity contribution < 1.29 is 0 Å². The molecule has 0 fully saturated rings. The van der Waals surface area contributed by atoms with Gasteiger partial charge in [-0.15, -0.1) is 11.3 Å². The summed E-state index contributed by atoms with van der Waals surface area (Å²) in [5, 5.41) is 1.26. The number of fused-ring (bicyclic) bond motifs is 7. The predicted octanol–water partition coefficient (Wildman–Crippen LogP) is 12.9. The van der Waals surface area contributed by atoms with Gasteiger partial charge in [-0.25, -0.2) is 15.0 Å². The minimum Gasteiger partial charge on any atom is -0.309 e. The maximum absolute atomic E-state index is 4.94. The first kappa shape index (κ1) is 30.2. The van der Waals surface area contributed by atoms with E-state index in [0.717, 1.165) is 27.9 Å². The van der Waals surface area contributed by atoms with Crippen LogP contribution in [-0.2, 0) is 0 Å². The number of anilines is 3. The molecule has 0 radical (unpaired) electrons. The Morgan fingerprint density at radius 2 is 0.846 bits per heavy atom. The standard InChI is InChI=1S/C47H30N4S/c1-4-14-32(15-5-1)45-48-46(33-16-6-2-7-17-33)50-47(49-45)34-26-24-31(25-27-34)35-28-29-42-39(30-35)43-37-20-10-12-22-40(37)51(36-18-8-3-9-19-36)41-23-13-11-21-38(41)44(43)52-42/h1-30H. The zero-order valence-corrected chi connectivity index (χ0v) is 28.8. The number of hydrogen-bond donors (Lipinski definition) is 0. The van der Waals surface area contributed by atoms with Gasteiger partial charge in [0, 0.05) is 54.0 Å². The van der Waals surface area contributed by atoms with Gasteiger partial charge in [-0.05, 0) is 47.5 Å². The van der Waals surface area contributed by atoms with Gasteiger partial charge in [0.2, 0.25) is 0 Å². The van der Waals surface area contributed by atoms with E-state index >= 15 is 0 Å². The van der Waals surface area contributed by atoms with Crippen LogP contribution >= 0.6 is 11.3 Å². The van der Waals surface area contributed by atoms with E-state index < -0.39 is 0 Å². The fourth-order valence-corrected chi connectivity index (χ4v) is 8.44. The molecule has 1 aliphatic rings. The fourth-order valence-electron chi connectivity index (χ4n) is 7.21. The summed E-state index contributed by atoms with van der Waals surface area (Å²) in [6, 6.07) is 63.9. The van der Waals surface area contributed by atoms with Gasteiger partial charge in [-0.3, -0.25) is 0 Å². The largest absolute Gasteiger partial charge is 0.309 e. The van der Waals surface area contributed by atoms with Crippen molar-refractivity contribution in [2.75, 3.05) is 4.90 Å². The van der Waals surface area contributed by atoms with Crippen molar-refractivity contribution >= 4 is 38.5 Å². The highest BCUT2D eigenvalue weighted by Crippen LogP contribution is 2.55. The molecule has 7 aromatic carbocycles. The third-order valence-electron chi connectivity index (χ3n) is 9.68. The minimum atomic E-state index is 0.649. The van der Waals surface area contributed by atoms with Gasteiger partial charge in [0.15, 0.2) is 17.5 Å². The summed E-state index contributed by atoms with van der Waals surface area (Å²) in [4.78, 5) is 18.4. The monoisotopic (exact) mass is 682 g/mol. The second-order valence-corrected chi connectivity index (χ2v) is 13.9. The Balaban J connectivity index is 1.08. The van der Waals surface area contributed by atoms with E-state index in [1.54, 1.807) is 0 Å². The molecule has 244 valence electrons. The Hall–Kier alpha value is -6.69. The summed E-state index contributed by atoms with van der Waals surface area (Å²) in [5.41, 5.74) is 12.4. The Labute approximate surface area is 306 Å². The molecule has 0 amide bonds. The molecule has 0 atom stereocenters. The Kier molecular flexibility index (Phi) is 7.29. The third kappa shape index (κ3) is 5.18. The molecule has 0 saturated carbocycles. The van der Waals surface area contributed by atoms with Crippen molar-refractivity contribution in [2.45, 2.75) is 0 Å². The molecule has 1 aliphatic heterocycles. The third-order valence-corrected chi connectivity index (χ3v) is 10.9. The highest BCUT2D eigenvalue weighted by Gasteiger charge is 2.28. The molecule has 9 aromatic rings. The SMILES string of the molecule is c1ccc(-c2nc(-c3ccccc3)nc(-c3ccc(-c4ccc5sc6c(c5c4)-c4ccccc4N(c4ccccc4)c4ccccc4-6)cc3)n2)cc1. The Morgan fingerprint density at radius 3 is 1.46 bits per heavy atom. The molecule has 2 aromatic heterocycles. The maximum atomic E-state index is 4.94. The van der Waals surface area contributed by atoms with Gasteiger partial charge in [0.25, 0.3) is 0 Å². The van der Waals surface area contributed by atoms with E-state index in [0.29, 0.717) is 17.5 Å². The first-order chi connectivity index (χ1) is 25.8. The van der Waals surface area contributed by atoms with E-state index in [4.69, 9.17) is 15.0 Å². The summed E-state index contributed by atoms with van der Waals surface area (Å²) >= 11 is 1.87. The van der Waals surface area contributed by atoms with Crippen LogP contribution in [0.3, 0.4) is 0 Å². The van der Waals surface area contributed by atoms with Crippen molar-refractivity contribution in [1.29, 1.82) is 0 Å². The molecule has 0 aliphatic carbocycles. The average molecular weight is 683 g/mol. The molecule has 0 N–H and O–H groups in total. The van der Waals surface area contributed by atoms with Crippen molar-refractivity contribution in [3.63, 3.8) is 0 Å². The van der Waals surface area contributed by atoms with Gasteiger partial charge in [-0.1, -0.05) is 146 Å². The lowest BCUT2D eigenvalue weighted by Crippen LogP contribution is -2.10. The van der Waals surface area contributed by atoms with Crippen LogP contribution in [0.1, 0.15) is 0 Å². The quantitative estimate of drug-likeness (QED) is 0.181. The summed E-state index contributed by atoms with van der Waals surface area (Å²) in [7, 11) is 0. The number of thiophene rings is 1. The predicted molar refractivity (Wildman–Crippen MR) is 216 cm³/mol. The van der Waals surface area contributed by atoms with Crippen LogP contribution in [0, 0.1) is 0 Å². The van der Waals surface area contributed by atoms with Gasteiger partial charge in [-0.2, -0.15) is 0 Å². The molecule has 5 heteroatoms. The molecule has 0 spiro atoms.